The normalized spacial score (nSPS) is 10.2. The van der Waals surface area contributed by atoms with E-state index in [1.165, 1.54) is 5.56 Å². The Labute approximate surface area is 120 Å². The van der Waals surface area contributed by atoms with Crippen LogP contribution in [0, 0.1) is 0 Å². The van der Waals surface area contributed by atoms with E-state index < -0.39 is 0 Å². The number of rotatable bonds is 6. The fraction of sp³-hybridized carbons (Fsp3) is 0.294. The van der Waals surface area contributed by atoms with Crippen LogP contribution in [0.4, 0.5) is 5.69 Å². The molecular weight excluding hydrogens is 250 g/mol. The Hall–Kier alpha value is -2.16. The second kappa shape index (κ2) is 6.85. The molecule has 0 fully saturated rings. The van der Waals surface area contributed by atoms with Gasteiger partial charge in [-0.05, 0) is 36.2 Å². The lowest BCUT2D eigenvalue weighted by atomic mass is 10.1. The maximum absolute atomic E-state index is 5.40. The zero-order chi connectivity index (χ0) is 14.4. The quantitative estimate of drug-likeness (QED) is 0.865. The lowest BCUT2D eigenvalue weighted by Gasteiger charge is -2.12. The Balaban J connectivity index is 2.10. The van der Waals surface area contributed by atoms with E-state index in [1.54, 1.807) is 14.2 Å². The summed E-state index contributed by atoms with van der Waals surface area (Å²) in [6.45, 7) is 2.88. The number of hydrogen-bond donors (Lipinski definition) is 1. The van der Waals surface area contributed by atoms with Crippen LogP contribution in [0.15, 0.2) is 42.5 Å². The third kappa shape index (κ3) is 3.44. The van der Waals surface area contributed by atoms with Gasteiger partial charge in [0.05, 0.1) is 14.2 Å². The molecule has 1 N–H and O–H groups in total. The second-order valence-corrected chi connectivity index (χ2v) is 4.59. The Morgan fingerprint density at radius 1 is 1.00 bits per heavy atom. The van der Waals surface area contributed by atoms with Crippen LogP contribution in [-0.4, -0.2) is 14.2 Å². The Morgan fingerprint density at radius 3 is 2.55 bits per heavy atom. The summed E-state index contributed by atoms with van der Waals surface area (Å²) >= 11 is 0. The molecule has 20 heavy (non-hydrogen) atoms. The van der Waals surface area contributed by atoms with Gasteiger partial charge in [0.2, 0.25) is 0 Å². The number of nitrogens with one attached hydrogen (secondary N) is 1. The van der Waals surface area contributed by atoms with Crippen molar-refractivity contribution >= 4 is 5.69 Å². The minimum Gasteiger partial charge on any atom is -0.497 e. The molecular formula is C17H21NO2. The largest absolute Gasteiger partial charge is 0.497 e. The van der Waals surface area contributed by atoms with Crippen LogP contribution < -0.4 is 14.8 Å². The van der Waals surface area contributed by atoms with E-state index in [4.69, 9.17) is 9.47 Å². The molecule has 0 radical (unpaired) electrons. The van der Waals surface area contributed by atoms with E-state index in [1.807, 2.05) is 18.2 Å². The maximum atomic E-state index is 5.40. The molecule has 2 aromatic carbocycles. The standard InChI is InChI=1S/C17H21NO2/c1-4-13-6-5-7-15(10-13)18-12-14-8-9-16(19-2)11-17(14)20-3/h5-11,18H,4,12H2,1-3H3. The number of methoxy groups -OCH3 is 2. The van der Waals surface area contributed by atoms with E-state index in [0.29, 0.717) is 0 Å². The Kier molecular flexibility index (Phi) is 4.88. The van der Waals surface area contributed by atoms with Crippen molar-refractivity contribution in [3.63, 3.8) is 0 Å². The van der Waals surface area contributed by atoms with Crippen molar-refractivity contribution in [3.8, 4) is 11.5 Å². The van der Waals surface area contributed by atoms with Gasteiger partial charge in [-0.1, -0.05) is 19.1 Å². The minimum atomic E-state index is 0.723. The van der Waals surface area contributed by atoms with Gasteiger partial charge in [0.15, 0.2) is 0 Å². The first-order chi connectivity index (χ1) is 9.76. The smallest absolute Gasteiger partial charge is 0.127 e. The van der Waals surface area contributed by atoms with Crippen LogP contribution in [0.5, 0.6) is 11.5 Å². The average Bonchev–Trinajstić information content (AvgIpc) is 2.52. The number of anilines is 1. The highest BCUT2D eigenvalue weighted by atomic mass is 16.5. The molecule has 3 heteroatoms. The van der Waals surface area contributed by atoms with E-state index in [0.717, 1.165) is 35.7 Å². The highest BCUT2D eigenvalue weighted by Gasteiger charge is 2.05. The summed E-state index contributed by atoms with van der Waals surface area (Å²) in [7, 11) is 3.33. The molecule has 0 amide bonds. The molecule has 0 aromatic heterocycles. The maximum Gasteiger partial charge on any atom is 0.127 e. The van der Waals surface area contributed by atoms with Crippen molar-refractivity contribution in [1.29, 1.82) is 0 Å². The fourth-order valence-corrected chi connectivity index (χ4v) is 2.10. The minimum absolute atomic E-state index is 0.723. The topological polar surface area (TPSA) is 30.5 Å². The van der Waals surface area contributed by atoms with Crippen LogP contribution >= 0.6 is 0 Å². The third-order valence-corrected chi connectivity index (χ3v) is 3.31. The first kappa shape index (κ1) is 14.3. The molecule has 3 nitrogen and oxygen atoms in total. The van der Waals surface area contributed by atoms with Gasteiger partial charge in [-0.25, -0.2) is 0 Å². The Morgan fingerprint density at radius 2 is 1.85 bits per heavy atom. The van der Waals surface area contributed by atoms with E-state index >= 15 is 0 Å². The molecule has 0 heterocycles. The summed E-state index contributed by atoms with van der Waals surface area (Å²) in [5, 5.41) is 3.43. The zero-order valence-corrected chi connectivity index (χ0v) is 12.3. The van der Waals surface area contributed by atoms with Crippen LogP contribution in [0.3, 0.4) is 0 Å². The van der Waals surface area contributed by atoms with Gasteiger partial charge >= 0.3 is 0 Å². The molecule has 0 bridgehead atoms. The Bertz CT molecular complexity index is 567. The van der Waals surface area contributed by atoms with Gasteiger partial charge in [0, 0.05) is 23.9 Å². The molecule has 0 saturated carbocycles. The van der Waals surface area contributed by atoms with Crippen molar-refractivity contribution in [2.75, 3.05) is 19.5 Å². The summed E-state index contributed by atoms with van der Waals surface area (Å²) in [4.78, 5) is 0. The van der Waals surface area contributed by atoms with E-state index in [9.17, 15) is 0 Å². The van der Waals surface area contributed by atoms with Crippen molar-refractivity contribution in [1.82, 2.24) is 0 Å². The van der Waals surface area contributed by atoms with Gasteiger partial charge in [-0.15, -0.1) is 0 Å². The van der Waals surface area contributed by atoms with Crippen molar-refractivity contribution < 1.29 is 9.47 Å². The molecule has 0 saturated heterocycles. The van der Waals surface area contributed by atoms with Gasteiger partial charge in [0.25, 0.3) is 0 Å². The molecule has 2 aromatic rings. The van der Waals surface area contributed by atoms with Gasteiger partial charge in [-0.2, -0.15) is 0 Å². The highest BCUT2D eigenvalue weighted by Crippen LogP contribution is 2.25. The van der Waals surface area contributed by atoms with Crippen LogP contribution in [0.25, 0.3) is 0 Å². The summed E-state index contributed by atoms with van der Waals surface area (Å²) in [5.74, 6) is 1.64. The summed E-state index contributed by atoms with van der Waals surface area (Å²) in [6.07, 6.45) is 1.04. The number of benzene rings is 2. The molecule has 0 aliphatic carbocycles. The third-order valence-electron chi connectivity index (χ3n) is 3.31. The van der Waals surface area contributed by atoms with Gasteiger partial charge in [0.1, 0.15) is 11.5 Å². The first-order valence-electron chi connectivity index (χ1n) is 6.80. The van der Waals surface area contributed by atoms with Crippen molar-refractivity contribution in [2.45, 2.75) is 19.9 Å². The van der Waals surface area contributed by atoms with E-state index in [-0.39, 0.29) is 0 Å². The van der Waals surface area contributed by atoms with Crippen LogP contribution in [-0.2, 0) is 13.0 Å². The lowest BCUT2D eigenvalue weighted by Crippen LogP contribution is -2.02. The molecule has 2 rings (SSSR count). The molecule has 0 aliphatic heterocycles. The number of ether oxygens (including phenoxy) is 2. The first-order valence-corrected chi connectivity index (χ1v) is 6.80. The predicted molar refractivity (Wildman–Crippen MR) is 82.7 cm³/mol. The number of hydrogen-bond acceptors (Lipinski definition) is 3. The lowest BCUT2D eigenvalue weighted by molar-refractivity contribution is 0.391. The van der Waals surface area contributed by atoms with Crippen LogP contribution in [0.2, 0.25) is 0 Å². The summed E-state index contributed by atoms with van der Waals surface area (Å²) < 4.78 is 10.6. The number of aryl methyl sites for hydroxylation is 1. The van der Waals surface area contributed by atoms with Crippen LogP contribution in [0.1, 0.15) is 18.1 Å². The average molecular weight is 271 g/mol. The van der Waals surface area contributed by atoms with Gasteiger partial charge in [-0.3, -0.25) is 0 Å². The monoisotopic (exact) mass is 271 g/mol. The molecule has 106 valence electrons. The van der Waals surface area contributed by atoms with Crippen molar-refractivity contribution in [2.24, 2.45) is 0 Å². The molecule has 0 aliphatic rings. The fourth-order valence-electron chi connectivity index (χ4n) is 2.10. The zero-order valence-electron chi connectivity index (χ0n) is 12.3. The molecule has 0 unspecified atom stereocenters. The summed E-state index contributed by atoms with van der Waals surface area (Å²) in [6, 6.07) is 14.3. The summed E-state index contributed by atoms with van der Waals surface area (Å²) in [5.41, 5.74) is 3.56. The predicted octanol–water partition coefficient (Wildman–Crippen LogP) is 3.88. The SMILES string of the molecule is CCc1cccc(NCc2ccc(OC)cc2OC)c1. The van der Waals surface area contributed by atoms with E-state index in [2.05, 4.69) is 36.5 Å². The van der Waals surface area contributed by atoms with Gasteiger partial charge < -0.3 is 14.8 Å². The molecule has 0 spiro atoms. The highest BCUT2D eigenvalue weighted by molar-refractivity contribution is 5.48. The second-order valence-electron chi connectivity index (χ2n) is 4.59. The van der Waals surface area contributed by atoms with Crippen molar-refractivity contribution in [3.05, 3.63) is 53.6 Å². The molecule has 0 atom stereocenters.